The molecule has 0 saturated carbocycles. The van der Waals surface area contributed by atoms with E-state index in [1.54, 1.807) is 0 Å². The molecule has 23 heavy (non-hydrogen) atoms. The molecular weight excluding hydrogens is 333 g/mol. The predicted octanol–water partition coefficient (Wildman–Crippen LogP) is 3.74. The Bertz CT molecular complexity index is 606. The highest BCUT2D eigenvalue weighted by molar-refractivity contribution is 6.07. The monoisotopic (exact) mass is 344 g/mol. The molecule has 0 saturated heterocycles. The fraction of sp³-hybridized carbons (Fsp3) is 0.308. The average Bonchev–Trinajstić information content (AvgIpc) is 2.45. The standard InChI is InChI=1S/C13H11F7N2O/c1-23-8-4-2-7(3-5-8)9(21)6-10(22)11(14,15)12(16,17)13(18,19)20/h2-6,21H,22H2,1H3/b10-6-,21-9?. The maximum absolute atomic E-state index is 13.3. The highest BCUT2D eigenvalue weighted by atomic mass is 19.4. The fourth-order valence-corrected chi connectivity index (χ4v) is 1.46. The molecule has 0 unspecified atom stereocenters. The van der Waals surface area contributed by atoms with Crippen molar-refractivity contribution < 1.29 is 35.5 Å². The predicted molar refractivity (Wildman–Crippen MR) is 68.0 cm³/mol. The first-order valence-corrected chi connectivity index (χ1v) is 5.87. The lowest BCUT2D eigenvalue weighted by atomic mass is 10.0. The molecule has 3 nitrogen and oxygen atoms in total. The topological polar surface area (TPSA) is 59.1 Å². The molecule has 0 bridgehead atoms. The summed E-state index contributed by atoms with van der Waals surface area (Å²) in [7, 11) is 1.35. The second-order valence-electron chi connectivity index (χ2n) is 4.39. The largest absolute Gasteiger partial charge is 0.497 e. The van der Waals surface area contributed by atoms with E-state index in [-0.39, 0.29) is 11.6 Å². The Hall–Kier alpha value is -2.26. The summed E-state index contributed by atoms with van der Waals surface area (Å²) in [4.78, 5) is 0. The first-order valence-electron chi connectivity index (χ1n) is 5.87. The van der Waals surface area contributed by atoms with Crippen LogP contribution in [0.3, 0.4) is 0 Å². The molecule has 0 aromatic heterocycles. The quantitative estimate of drug-likeness (QED) is 0.631. The summed E-state index contributed by atoms with van der Waals surface area (Å²) >= 11 is 0. The van der Waals surface area contributed by atoms with Gasteiger partial charge in [0, 0.05) is 0 Å². The molecule has 0 aliphatic heterocycles. The zero-order valence-electron chi connectivity index (χ0n) is 11.5. The van der Waals surface area contributed by atoms with E-state index >= 15 is 0 Å². The maximum atomic E-state index is 13.3. The van der Waals surface area contributed by atoms with E-state index in [1.165, 1.54) is 31.4 Å². The van der Waals surface area contributed by atoms with E-state index in [0.717, 1.165) is 0 Å². The normalized spacial score (nSPS) is 13.8. The van der Waals surface area contributed by atoms with Crippen molar-refractivity contribution in [2.24, 2.45) is 5.73 Å². The highest BCUT2D eigenvalue weighted by Crippen LogP contribution is 2.48. The third-order valence-electron chi connectivity index (χ3n) is 2.81. The minimum Gasteiger partial charge on any atom is -0.497 e. The van der Waals surface area contributed by atoms with E-state index < -0.39 is 29.4 Å². The summed E-state index contributed by atoms with van der Waals surface area (Å²) in [5.41, 5.74) is 1.84. The molecule has 3 N–H and O–H groups in total. The Morgan fingerprint density at radius 1 is 1.04 bits per heavy atom. The van der Waals surface area contributed by atoms with Crippen molar-refractivity contribution in [3.63, 3.8) is 0 Å². The third kappa shape index (κ3) is 3.57. The zero-order chi connectivity index (χ0) is 18.1. The number of rotatable bonds is 5. The van der Waals surface area contributed by atoms with Crippen LogP contribution in [0.25, 0.3) is 0 Å². The lowest BCUT2D eigenvalue weighted by Crippen LogP contribution is -2.54. The van der Waals surface area contributed by atoms with Crippen LogP contribution in [0.15, 0.2) is 36.0 Å². The van der Waals surface area contributed by atoms with Gasteiger partial charge in [0.25, 0.3) is 0 Å². The molecule has 1 aromatic carbocycles. The number of halogens is 7. The Morgan fingerprint density at radius 3 is 1.91 bits per heavy atom. The van der Waals surface area contributed by atoms with E-state index in [4.69, 9.17) is 15.9 Å². The Labute approximate surface area is 126 Å². The van der Waals surface area contributed by atoms with Crippen LogP contribution in [0.2, 0.25) is 0 Å². The van der Waals surface area contributed by atoms with Crippen LogP contribution in [0, 0.1) is 5.41 Å². The summed E-state index contributed by atoms with van der Waals surface area (Å²) in [5.74, 6) is -11.7. The van der Waals surface area contributed by atoms with Crippen molar-refractivity contribution in [1.82, 2.24) is 0 Å². The van der Waals surface area contributed by atoms with Crippen LogP contribution in [0.5, 0.6) is 5.75 Å². The summed E-state index contributed by atoms with van der Waals surface area (Å²) in [6, 6.07) is 5.14. The Balaban J connectivity index is 3.12. The summed E-state index contributed by atoms with van der Waals surface area (Å²) in [6.45, 7) is 0. The molecular formula is C13H11F7N2O. The molecule has 0 heterocycles. The van der Waals surface area contributed by atoms with Crippen LogP contribution >= 0.6 is 0 Å². The second kappa shape index (κ2) is 6.09. The van der Waals surface area contributed by atoms with Crippen molar-refractivity contribution >= 4 is 5.71 Å². The molecule has 1 rings (SSSR count). The first kappa shape index (κ1) is 18.8. The van der Waals surface area contributed by atoms with Gasteiger partial charge in [-0.3, -0.25) is 0 Å². The minimum absolute atomic E-state index is 0.0279. The number of methoxy groups -OCH3 is 1. The molecule has 0 fully saturated rings. The summed E-state index contributed by atoms with van der Waals surface area (Å²) < 4.78 is 93.2. The SMILES string of the molecule is COc1ccc(C(=N)/C=C(\N)C(F)(F)C(F)(F)C(F)(F)F)cc1. The van der Waals surface area contributed by atoms with Crippen molar-refractivity contribution in [3.05, 3.63) is 41.6 Å². The average molecular weight is 344 g/mol. The highest BCUT2D eigenvalue weighted by Gasteiger charge is 2.74. The smallest absolute Gasteiger partial charge is 0.460 e. The molecule has 0 spiro atoms. The van der Waals surface area contributed by atoms with Gasteiger partial charge in [0.05, 0.1) is 18.5 Å². The van der Waals surface area contributed by atoms with Gasteiger partial charge in [0.1, 0.15) is 5.75 Å². The van der Waals surface area contributed by atoms with Crippen molar-refractivity contribution in [2.75, 3.05) is 7.11 Å². The van der Waals surface area contributed by atoms with Gasteiger partial charge in [-0.2, -0.15) is 30.7 Å². The number of benzene rings is 1. The van der Waals surface area contributed by atoms with Crippen LogP contribution in [-0.2, 0) is 0 Å². The molecule has 1 aromatic rings. The Kier molecular flexibility index (Phi) is 4.97. The van der Waals surface area contributed by atoms with Gasteiger partial charge in [-0.05, 0) is 35.9 Å². The van der Waals surface area contributed by atoms with Gasteiger partial charge >= 0.3 is 18.0 Å². The third-order valence-corrected chi connectivity index (χ3v) is 2.81. The van der Waals surface area contributed by atoms with Crippen molar-refractivity contribution in [1.29, 1.82) is 5.41 Å². The molecule has 128 valence electrons. The molecule has 0 radical (unpaired) electrons. The lowest BCUT2D eigenvalue weighted by Gasteiger charge is -2.28. The van der Waals surface area contributed by atoms with Gasteiger partial charge in [0.2, 0.25) is 0 Å². The number of hydrogen-bond donors (Lipinski definition) is 2. The molecule has 0 aliphatic rings. The van der Waals surface area contributed by atoms with Crippen molar-refractivity contribution in [3.8, 4) is 5.75 Å². The van der Waals surface area contributed by atoms with Gasteiger partial charge in [-0.25, -0.2) is 0 Å². The second-order valence-corrected chi connectivity index (χ2v) is 4.39. The fourth-order valence-electron chi connectivity index (χ4n) is 1.46. The number of allylic oxidation sites excluding steroid dienone is 2. The van der Waals surface area contributed by atoms with Crippen LogP contribution in [-0.4, -0.2) is 30.8 Å². The van der Waals surface area contributed by atoms with E-state index in [9.17, 15) is 30.7 Å². The van der Waals surface area contributed by atoms with Gasteiger partial charge < -0.3 is 15.9 Å². The van der Waals surface area contributed by atoms with Crippen molar-refractivity contribution in [2.45, 2.75) is 18.0 Å². The number of hydrogen-bond acceptors (Lipinski definition) is 3. The van der Waals surface area contributed by atoms with E-state index in [1.807, 2.05) is 0 Å². The maximum Gasteiger partial charge on any atom is 0.460 e. The van der Waals surface area contributed by atoms with Crippen LogP contribution in [0.4, 0.5) is 30.7 Å². The van der Waals surface area contributed by atoms with Gasteiger partial charge in [-0.15, -0.1) is 0 Å². The minimum atomic E-state index is -6.49. The zero-order valence-corrected chi connectivity index (χ0v) is 11.5. The number of alkyl halides is 7. The molecule has 0 aliphatic carbocycles. The number of nitrogens with one attached hydrogen (secondary N) is 1. The summed E-state index contributed by atoms with van der Waals surface area (Å²) in [5, 5.41) is 7.47. The van der Waals surface area contributed by atoms with E-state index in [0.29, 0.717) is 5.75 Å². The number of ether oxygens (including phenoxy) is 1. The molecule has 0 amide bonds. The first-order chi connectivity index (χ1) is 10.3. The van der Waals surface area contributed by atoms with Gasteiger partial charge in [-0.1, -0.05) is 0 Å². The lowest BCUT2D eigenvalue weighted by molar-refractivity contribution is -0.344. The number of nitrogens with two attached hydrogens (primary N) is 1. The Morgan fingerprint density at radius 2 is 1.52 bits per heavy atom. The molecule has 10 heteroatoms. The van der Waals surface area contributed by atoms with Crippen LogP contribution in [0.1, 0.15) is 5.56 Å². The molecule has 0 atom stereocenters. The summed E-state index contributed by atoms with van der Waals surface area (Å²) in [6.07, 6.45) is -6.43. The van der Waals surface area contributed by atoms with Gasteiger partial charge in [0.15, 0.2) is 0 Å². The van der Waals surface area contributed by atoms with E-state index in [2.05, 4.69) is 0 Å². The van der Waals surface area contributed by atoms with Crippen LogP contribution < -0.4 is 10.5 Å².